The maximum atomic E-state index is 12.7. The van der Waals surface area contributed by atoms with E-state index in [9.17, 15) is 19.5 Å². The Balaban J connectivity index is 4.32. The molecule has 1 N–H and O–H groups in total. The number of carboxylic acid groups (broad SMARTS) is 1. The summed E-state index contributed by atoms with van der Waals surface area (Å²) in [5, 5.41) is 9.61. The predicted octanol–water partition coefficient (Wildman–Crippen LogP) is 11.9. The first-order valence-electron chi connectivity index (χ1n) is 22.1. The summed E-state index contributed by atoms with van der Waals surface area (Å²) in [6.07, 6.45) is 41.9. The van der Waals surface area contributed by atoms with Crippen molar-refractivity contribution in [3.8, 4) is 0 Å². The van der Waals surface area contributed by atoms with Crippen LogP contribution in [0.2, 0.25) is 0 Å². The second kappa shape index (κ2) is 37.5. The SMILES string of the molecule is CC/C=C/C=C/C=C/CCCCCCCC(=O)OC(COCCC(C(=O)O)[N+](C)(C)C)COC(=O)CCCCCCCCCCCCCCCCCCC. The van der Waals surface area contributed by atoms with Crippen LogP contribution in [0.1, 0.15) is 187 Å². The zero-order valence-electron chi connectivity index (χ0n) is 35.7. The number of hydrogen-bond donors (Lipinski definition) is 1. The third-order valence-corrected chi connectivity index (χ3v) is 9.87. The molecule has 0 radical (unpaired) electrons. The van der Waals surface area contributed by atoms with Crippen LogP contribution in [0.25, 0.3) is 0 Å². The van der Waals surface area contributed by atoms with E-state index >= 15 is 0 Å². The van der Waals surface area contributed by atoms with Gasteiger partial charge in [0.05, 0.1) is 34.4 Å². The molecule has 0 heterocycles. The van der Waals surface area contributed by atoms with Gasteiger partial charge in [-0.2, -0.15) is 0 Å². The maximum absolute atomic E-state index is 12.7. The Morgan fingerprint density at radius 3 is 1.52 bits per heavy atom. The van der Waals surface area contributed by atoms with Crippen LogP contribution in [0.15, 0.2) is 36.5 Å². The van der Waals surface area contributed by atoms with Gasteiger partial charge in [0.25, 0.3) is 0 Å². The molecule has 0 aromatic rings. The molecule has 0 aromatic heterocycles. The number of rotatable bonds is 39. The quantitative estimate of drug-likeness (QED) is 0.0288. The number of likely N-dealkylation sites (N-methyl/N-ethyl adjacent to an activating group) is 1. The van der Waals surface area contributed by atoms with E-state index in [1.54, 1.807) is 0 Å². The second-order valence-corrected chi connectivity index (χ2v) is 16.0. The summed E-state index contributed by atoms with van der Waals surface area (Å²) in [6.45, 7) is 4.59. The summed E-state index contributed by atoms with van der Waals surface area (Å²) in [4.78, 5) is 36.9. The summed E-state index contributed by atoms with van der Waals surface area (Å²) in [5.74, 6) is -1.49. The van der Waals surface area contributed by atoms with E-state index in [2.05, 4.69) is 44.2 Å². The fourth-order valence-electron chi connectivity index (χ4n) is 6.44. The molecule has 2 atom stereocenters. The molecule has 0 rings (SSSR count). The molecule has 54 heavy (non-hydrogen) atoms. The first kappa shape index (κ1) is 51.5. The number of aliphatic carboxylic acids is 1. The molecule has 0 bridgehead atoms. The van der Waals surface area contributed by atoms with Crippen LogP contribution >= 0.6 is 0 Å². The lowest BCUT2D eigenvalue weighted by molar-refractivity contribution is -0.887. The minimum Gasteiger partial charge on any atom is -0.477 e. The van der Waals surface area contributed by atoms with Crippen molar-refractivity contribution in [2.24, 2.45) is 0 Å². The van der Waals surface area contributed by atoms with E-state index in [1.807, 2.05) is 27.2 Å². The molecule has 8 heteroatoms. The first-order valence-corrected chi connectivity index (χ1v) is 22.1. The third-order valence-electron chi connectivity index (χ3n) is 9.87. The lowest BCUT2D eigenvalue weighted by atomic mass is 10.0. The Kier molecular flexibility index (Phi) is 35.8. The van der Waals surface area contributed by atoms with Crippen LogP contribution in [-0.2, 0) is 28.6 Å². The molecule has 0 aliphatic carbocycles. The highest BCUT2D eigenvalue weighted by atomic mass is 16.6. The second-order valence-electron chi connectivity index (χ2n) is 16.0. The van der Waals surface area contributed by atoms with Gasteiger partial charge in [0.15, 0.2) is 12.1 Å². The monoisotopic (exact) mass is 763 g/mol. The Morgan fingerprint density at radius 2 is 1.04 bits per heavy atom. The van der Waals surface area contributed by atoms with Crippen LogP contribution < -0.4 is 0 Å². The van der Waals surface area contributed by atoms with Gasteiger partial charge in [-0.3, -0.25) is 9.59 Å². The minimum atomic E-state index is -0.878. The molecule has 0 amide bonds. The smallest absolute Gasteiger partial charge is 0.362 e. The van der Waals surface area contributed by atoms with Crippen molar-refractivity contribution in [3.05, 3.63) is 36.5 Å². The van der Waals surface area contributed by atoms with Gasteiger partial charge in [-0.15, -0.1) is 0 Å². The van der Waals surface area contributed by atoms with Crippen LogP contribution in [0.4, 0.5) is 0 Å². The van der Waals surface area contributed by atoms with Gasteiger partial charge in [0.1, 0.15) is 6.61 Å². The Labute approximate surface area is 332 Å². The zero-order valence-corrected chi connectivity index (χ0v) is 35.7. The Hall–Kier alpha value is -2.45. The van der Waals surface area contributed by atoms with Crippen LogP contribution in [-0.4, -0.2) is 80.6 Å². The van der Waals surface area contributed by atoms with E-state index in [4.69, 9.17) is 14.2 Å². The summed E-state index contributed by atoms with van der Waals surface area (Å²) in [7, 11) is 5.52. The topological polar surface area (TPSA) is 99.1 Å². The van der Waals surface area contributed by atoms with Gasteiger partial charge in [-0.25, -0.2) is 4.79 Å². The fourth-order valence-corrected chi connectivity index (χ4v) is 6.44. The van der Waals surface area contributed by atoms with Gasteiger partial charge in [0, 0.05) is 19.3 Å². The van der Waals surface area contributed by atoms with Crippen LogP contribution in [0.3, 0.4) is 0 Å². The molecule has 0 fully saturated rings. The number of unbranched alkanes of at least 4 members (excludes halogenated alkanes) is 21. The minimum absolute atomic E-state index is 0.0548. The highest BCUT2D eigenvalue weighted by Gasteiger charge is 2.31. The van der Waals surface area contributed by atoms with Gasteiger partial charge >= 0.3 is 17.9 Å². The van der Waals surface area contributed by atoms with E-state index < -0.39 is 18.1 Å². The molecule has 0 saturated heterocycles. The summed E-state index contributed by atoms with van der Waals surface area (Å²) >= 11 is 0. The lowest BCUT2D eigenvalue weighted by Gasteiger charge is -2.31. The number of allylic oxidation sites excluding steroid dienone is 6. The first-order chi connectivity index (χ1) is 26.1. The number of esters is 2. The van der Waals surface area contributed by atoms with E-state index in [1.165, 1.54) is 89.9 Å². The summed E-state index contributed by atoms with van der Waals surface area (Å²) in [6, 6.07) is -0.616. The maximum Gasteiger partial charge on any atom is 0.362 e. The van der Waals surface area contributed by atoms with Crippen molar-refractivity contribution in [3.63, 3.8) is 0 Å². The fraction of sp³-hybridized carbons (Fsp3) is 0.804. The normalized spacial score (nSPS) is 13.3. The highest BCUT2D eigenvalue weighted by molar-refractivity contribution is 5.72. The molecule has 0 aliphatic rings. The van der Waals surface area contributed by atoms with Crippen LogP contribution in [0.5, 0.6) is 0 Å². The lowest BCUT2D eigenvalue weighted by Crippen LogP contribution is -2.50. The molecule has 314 valence electrons. The number of quaternary nitrogens is 1. The highest BCUT2D eigenvalue weighted by Crippen LogP contribution is 2.15. The van der Waals surface area contributed by atoms with Crippen molar-refractivity contribution in [1.29, 1.82) is 0 Å². The molecule has 0 saturated carbocycles. The zero-order chi connectivity index (χ0) is 40.0. The molecule has 2 unspecified atom stereocenters. The Bertz CT molecular complexity index is 984. The summed E-state index contributed by atoms with van der Waals surface area (Å²) < 4.78 is 17.3. The van der Waals surface area contributed by atoms with Gasteiger partial charge in [-0.1, -0.05) is 172 Å². The number of ether oxygens (including phenoxy) is 3. The van der Waals surface area contributed by atoms with Crippen molar-refractivity contribution in [2.45, 2.75) is 199 Å². The Morgan fingerprint density at radius 1 is 0.574 bits per heavy atom. The van der Waals surface area contributed by atoms with Gasteiger partial charge in [-0.05, 0) is 32.1 Å². The predicted molar refractivity (Wildman–Crippen MR) is 225 cm³/mol. The molecule has 0 spiro atoms. The third kappa shape index (κ3) is 35.3. The number of carbonyl (C=O) groups excluding carboxylic acids is 2. The average molecular weight is 763 g/mol. The summed E-state index contributed by atoms with van der Waals surface area (Å²) in [5.41, 5.74) is 0. The number of hydrogen-bond acceptors (Lipinski definition) is 6. The average Bonchev–Trinajstić information content (AvgIpc) is 3.12. The molecular weight excluding hydrogens is 679 g/mol. The van der Waals surface area contributed by atoms with E-state index in [0.717, 1.165) is 64.2 Å². The molecule has 0 aromatic carbocycles. The molecule has 0 aliphatic heterocycles. The molecular formula is C46H84NO7+. The number of nitrogens with zero attached hydrogens (tertiary/aromatic N) is 1. The molecule has 8 nitrogen and oxygen atoms in total. The van der Waals surface area contributed by atoms with Crippen LogP contribution in [0, 0.1) is 0 Å². The van der Waals surface area contributed by atoms with Crippen molar-refractivity contribution in [2.75, 3.05) is 41.0 Å². The van der Waals surface area contributed by atoms with Gasteiger partial charge < -0.3 is 23.8 Å². The number of carboxylic acids is 1. The standard InChI is InChI=1S/C46H83NO7/c1-6-8-10-12-14-16-18-20-21-22-23-25-26-28-30-32-34-36-44(48)53-41-42(40-52-39-38-43(46(50)51)47(3,4)5)54-45(49)37-35-33-31-29-27-24-19-17-15-13-11-9-7-2/h9,11,13,15,17,19,42-43H,6-8,10,12,14,16,18,20-41H2,1-5H3/p+1/b11-9+,15-13+,19-17+. The number of carbonyl (C=O) groups is 3. The van der Waals surface area contributed by atoms with E-state index in [0.29, 0.717) is 19.3 Å². The van der Waals surface area contributed by atoms with Gasteiger partial charge in [0.2, 0.25) is 0 Å². The van der Waals surface area contributed by atoms with Crippen molar-refractivity contribution >= 4 is 17.9 Å². The largest absolute Gasteiger partial charge is 0.477 e. The van der Waals surface area contributed by atoms with Crippen molar-refractivity contribution in [1.82, 2.24) is 0 Å². The van der Waals surface area contributed by atoms with E-state index in [-0.39, 0.29) is 36.2 Å². The van der Waals surface area contributed by atoms with Crippen molar-refractivity contribution < 1.29 is 38.2 Å².